The summed E-state index contributed by atoms with van der Waals surface area (Å²) in [7, 11) is 0. The molecule has 0 bridgehead atoms. The van der Waals surface area contributed by atoms with Crippen molar-refractivity contribution in [2.24, 2.45) is 0 Å². The van der Waals surface area contributed by atoms with E-state index in [9.17, 15) is 0 Å². The zero-order valence-electron chi connectivity index (χ0n) is 7.57. The summed E-state index contributed by atoms with van der Waals surface area (Å²) in [6.07, 6.45) is -0.423. The van der Waals surface area contributed by atoms with E-state index in [0.717, 1.165) is 11.1 Å². The largest absolute Gasteiger partial charge is 0.315 e. The summed E-state index contributed by atoms with van der Waals surface area (Å²) in [5, 5.41) is 0. The van der Waals surface area contributed by atoms with Crippen molar-refractivity contribution >= 4 is 0 Å². The van der Waals surface area contributed by atoms with Crippen LogP contribution in [0.5, 0.6) is 0 Å². The number of benzene rings is 1. The van der Waals surface area contributed by atoms with Gasteiger partial charge in [0.1, 0.15) is 0 Å². The molecule has 13 heavy (non-hydrogen) atoms. The molecular weight excluding hydrogens is 164 g/mol. The average Bonchev–Trinajstić information content (AvgIpc) is 2.02. The second-order valence-electron chi connectivity index (χ2n) is 3.19. The Bertz CT molecular complexity index is 299. The lowest BCUT2D eigenvalue weighted by atomic mass is 10.2. The Balaban J connectivity index is 1.98. The molecule has 1 heterocycles. The van der Waals surface area contributed by atoms with Crippen molar-refractivity contribution in [3.05, 3.63) is 48.0 Å². The van der Waals surface area contributed by atoms with E-state index < -0.39 is 0 Å². The summed E-state index contributed by atoms with van der Waals surface area (Å²) in [6.45, 7) is 5.65. The van der Waals surface area contributed by atoms with Crippen molar-refractivity contribution < 1.29 is 9.47 Å². The zero-order valence-corrected chi connectivity index (χ0v) is 7.57. The lowest BCUT2D eigenvalue weighted by Gasteiger charge is -2.36. The molecule has 0 aromatic heterocycles. The lowest BCUT2D eigenvalue weighted by molar-refractivity contribution is -0.373. The Hall–Kier alpha value is -1.12. The predicted molar refractivity (Wildman–Crippen MR) is 50.0 cm³/mol. The molecule has 2 rings (SSSR count). The van der Waals surface area contributed by atoms with Gasteiger partial charge in [-0.2, -0.15) is 0 Å². The van der Waals surface area contributed by atoms with Gasteiger partial charge in [0.2, 0.25) is 0 Å². The van der Waals surface area contributed by atoms with Crippen molar-refractivity contribution in [3.8, 4) is 0 Å². The number of hydrogen-bond donors (Lipinski definition) is 0. The molecule has 2 heteroatoms. The molecule has 0 amide bonds. The minimum Gasteiger partial charge on any atom is -0.315 e. The second kappa shape index (κ2) is 3.32. The van der Waals surface area contributed by atoms with Crippen molar-refractivity contribution in [1.29, 1.82) is 0 Å². The molecule has 1 aliphatic rings. The van der Waals surface area contributed by atoms with Crippen molar-refractivity contribution in [2.75, 3.05) is 0 Å². The minimum absolute atomic E-state index is 0.206. The third-order valence-electron chi connectivity index (χ3n) is 1.97. The van der Waals surface area contributed by atoms with E-state index in [0.29, 0.717) is 0 Å². The molecule has 1 fully saturated rings. The van der Waals surface area contributed by atoms with Crippen LogP contribution >= 0.6 is 0 Å². The molecule has 1 aromatic rings. The van der Waals surface area contributed by atoms with Crippen LogP contribution in [0.15, 0.2) is 42.5 Å². The van der Waals surface area contributed by atoms with Gasteiger partial charge in [-0.25, -0.2) is 0 Å². The van der Waals surface area contributed by atoms with Crippen LogP contribution in [0.1, 0.15) is 18.8 Å². The highest BCUT2D eigenvalue weighted by Crippen LogP contribution is 2.34. The van der Waals surface area contributed by atoms with Gasteiger partial charge in [0, 0.05) is 5.56 Å². The topological polar surface area (TPSA) is 18.5 Å². The van der Waals surface area contributed by atoms with E-state index in [1.807, 2.05) is 37.3 Å². The fourth-order valence-electron chi connectivity index (χ4n) is 1.23. The summed E-state index contributed by atoms with van der Waals surface area (Å²) in [4.78, 5) is 0. The number of rotatable bonds is 2. The van der Waals surface area contributed by atoms with Crippen LogP contribution in [0, 0.1) is 0 Å². The van der Waals surface area contributed by atoms with Crippen LogP contribution < -0.4 is 0 Å². The Morgan fingerprint density at radius 1 is 1.23 bits per heavy atom. The normalized spacial score (nSPS) is 26.5. The molecular formula is C11H12O2. The van der Waals surface area contributed by atoms with E-state index >= 15 is 0 Å². The van der Waals surface area contributed by atoms with Gasteiger partial charge in [-0.3, -0.25) is 0 Å². The van der Waals surface area contributed by atoms with Gasteiger partial charge >= 0.3 is 0 Å². The van der Waals surface area contributed by atoms with E-state index in [1.165, 1.54) is 0 Å². The highest BCUT2D eigenvalue weighted by Gasteiger charge is 2.32. The molecule has 0 aliphatic carbocycles. The number of ether oxygens (including phenoxy) is 2. The molecule has 1 aliphatic heterocycles. The van der Waals surface area contributed by atoms with Gasteiger partial charge in [-0.1, -0.05) is 36.9 Å². The lowest BCUT2D eigenvalue weighted by Crippen LogP contribution is -2.34. The van der Waals surface area contributed by atoms with E-state index in [-0.39, 0.29) is 12.6 Å². The Labute approximate surface area is 77.8 Å². The SMILES string of the molecule is C=C(C)C1OC(c2ccccc2)O1. The summed E-state index contributed by atoms with van der Waals surface area (Å²) in [6, 6.07) is 9.88. The first-order chi connectivity index (χ1) is 6.27. The molecule has 0 radical (unpaired) electrons. The summed E-state index contributed by atoms with van der Waals surface area (Å²) in [5.74, 6) is 0. The highest BCUT2D eigenvalue weighted by atomic mass is 16.9. The van der Waals surface area contributed by atoms with Gasteiger partial charge in [-0.05, 0) is 12.5 Å². The van der Waals surface area contributed by atoms with Crippen LogP contribution in [0.3, 0.4) is 0 Å². The average molecular weight is 176 g/mol. The van der Waals surface area contributed by atoms with Crippen molar-refractivity contribution in [2.45, 2.75) is 19.5 Å². The maximum absolute atomic E-state index is 5.46. The molecule has 0 atom stereocenters. The Kier molecular flexibility index (Phi) is 2.17. The highest BCUT2D eigenvalue weighted by molar-refractivity contribution is 5.17. The zero-order chi connectivity index (χ0) is 9.26. The quantitative estimate of drug-likeness (QED) is 0.645. The van der Waals surface area contributed by atoms with Crippen molar-refractivity contribution in [3.63, 3.8) is 0 Å². The molecule has 0 unspecified atom stereocenters. The number of hydrogen-bond acceptors (Lipinski definition) is 2. The fraction of sp³-hybridized carbons (Fsp3) is 0.273. The molecule has 0 spiro atoms. The summed E-state index contributed by atoms with van der Waals surface area (Å²) in [5.41, 5.74) is 1.96. The summed E-state index contributed by atoms with van der Waals surface area (Å²) >= 11 is 0. The van der Waals surface area contributed by atoms with Crippen LogP contribution in [0.25, 0.3) is 0 Å². The Morgan fingerprint density at radius 2 is 1.85 bits per heavy atom. The third kappa shape index (κ3) is 1.64. The van der Waals surface area contributed by atoms with Crippen LogP contribution in [-0.2, 0) is 9.47 Å². The van der Waals surface area contributed by atoms with Crippen LogP contribution in [0.2, 0.25) is 0 Å². The smallest absolute Gasteiger partial charge is 0.190 e. The van der Waals surface area contributed by atoms with E-state index in [4.69, 9.17) is 9.47 Å². The van der Waals surface area contributed by atoms with Gasteiger partial charge in [0.05, 0.1) is 0 Å². The second-order valence-corrected chi connectivity index (χ2v) is 3.19. The Morgan fingerprint density at radius 3 is 2.38 bits per heavy atom. The monoisotopic (exact) mass is 176 g/mol. The van der Waals surface area contributed by atoms with E-state index in [1.54, 1.807) is 0 Å². The predicted octanol–water partition coefficient (Wildman–Crippen LogP) is 2.63. The minimum atomic E-state index is -0.217. The molecule has 68 valence electrons. The van der Waals surface area contributed by atoms with Crippen LogP contribution in [0.4, 0.5) is 0 Å². The maximum atomic E-state index is 5.46. The molecule has 0 saturated carbocycles. The van der Waals surface area contributed by atoms with Gasteiger partial charge in [-0.15, -0.1) is 0 Å². The maximum Gasteiger partial charge on any atom is 0.190 e. The van der Waals surface area contributed by atoms with E-state index in [2.05, 4.69) is 6.58 Å². The first kappa shape index (κ1) is 8.48. The molecule has 0 N–H and O–H groups in total. The van der Waals surface area contributed by atoms with Crippen molar-refractivity contribution in [1.82, 2.24) is 0 Å². The first-order valence-corrected chi connectivity index (χ1v) is 4.28. The van der Waals surface area contributed by atoms with Gasteiger partial charge < -0.3 is 9.47 Å². The summed E-state index contributed by atoms with van der Waals surface area (Å²) < 4.78 is 10.9. The van der Waals surface area contributed by atoms with Crippen LogP contribution in [-0.4, -0.2) is 6.29 Å². The molecule has 1 saturated heterocycles. The third-order valence-corrected chi connectivity index (χ3v) is 1.97. The van der Waals surface area contributed by atoms with Gasteiger partial charge in [0.25, 0.3) is 0 Å². The standard InChI is InChI=1S/C11H12O2/c1-8(2)10-12-11(13-10)9-6-4-3-5-7-9/h3-7,10-11H,1H2,2H3. The molecule has 2 nitrogen and oxygen atoms in total. The first-order valence-electron chi connectivity index (χ1n) is 4.28. The fourth-order valence-corrected chi connectivity index (χ4v) is 1.23. The molecule has 1 aromatic carbocycles. The van der Waals surface area contributed by atoms with Gasteiger partial charge in [0.15, 0.2) is 12.6 Å².